The molecule has 0 amide bonds. The highest BCUT2D eigenvalue weighted by atomic mass is 16.2. The van der Waals surface area contributed by atoms with Crippen LogP contribution in [-0.4, -0.2) is 21.1 Å². The van der Waals surface area contributed by atoms with Crippen LogP contribution in [0.25, 0.3) is 10.9 Å². The maximum absolute atomic E-state index is 13.7. The highest BCUT2D eigenvalue weighted by Crippen LogP contribution is 2.30. The molecule has 0 spiro atoms. The van der Waals surface area contributed by atoms with E-state index in [0.717, 1.165) is 0 Å². The van der Waals surface area contributed by atoms with E-state index in [-0.39, 0.29) is 4.57 Å². The molecule has 1 aliphatic carbocycles. The first-order chi connectivity index (χ1) is 15.6. The quantitative estimate of drug-likeness (QED) is 0.633. The number of nitrogens with two attached hydrogens (primary N) is 1. The van der Waals surface area contributed by atoms with E-state index in [4.69, 9.17) is 23.6 Å². The second kappa shape index (κ2) is 4.76. The number of rotatable bonds is 1. The van der Waals surface area contributed by atoms with Gasteiger partial charge in [0.05, 0.1) is 21.4 Å². The number of nitrogens with zero attached hydrogens (tertiary/aromatic N) is 2. The van der Waals surface area contributed by atoms with Crippen LogP contribution in [0, 0.1) is 6.85 Å². The predicted molar refractivity (Wildman–Crippen MR) is 82.7 cm³/mol. The number of hydrogen-bond donors (Lipinski definition) is 1. The Balaban J connectivity index is 2.78. The molecule has 6 nitrogen and oxygen atoms in total. The van der Waals surface area contributed by atoms with Gasteiger partial charge in [0.1, 0.15) is 17.1 Å². The third-order valence-corrected chi connectivity index (χ3v) is 3.17. The van der Waals surface area contributed by atoms with Crippen LogP contribution in [0.2, 0.25) is 0 Å². The lowest BCUT2D eigenvalue weighted by Gasteiger charge is -2.34. The van der Waals surface area contributed by atoms with Gasteiger partial charge in [-0.1, -0.05) is 6.04 Å². The zero-order chi connectivity index (χ0) is 27.3. The lowest BCUT2D eigenvalue weighted by atomic mass is 9.81. The first-order valence-corrected chi connectivity index (χ1v) is 5.98. The summed E-state index contributed by atoms with van der Waals surface area (Å²) in [4.78, 5) is 42.8. The molecule has 1 atom stereocenters. The third-order valence-electron chi connectivity index (χ3n) is 3.17. The molecule has 3 rings (SSSR count). The van der Waals surface area contributed by atoms with Crippen molar-refractivity contribution >= 4 is 28.2 Å². The van der Waals surface area contributed by atoms with Gasteiger partial charge < -0.3 is 5.73 Å². The van der Waals surface area contributed by atoms with Crippen LogP contribution in [0.1, 0.15) is 49.7 Å². The molecular formula is C16H17N3O3. The van der Waals surface area contributed by atoms with Gasteiger partial charge in [-0.15, -0.1) is 0 Å². The molecule has 22 heavy (non-hydrogen) atoms. The van der Waals surface area contributed by atoms with E-state index in [1.54, 1.807) is 0 Å². The van der Waals surface area contributed by atoms with Crippen LogP contribution in [0.4, 0.5) is 5.69 Å². The topological polar surface area (TPSA) is 95.0 Å². The average Bonchev–Trinajstić information content (AvgIpc) is 2.68. The summed E-state index contributed by atoms with van der Waals surface area (Å²) in [5.41, 5.74) is -1.57. The van der Waals surface area contributed by atoms with E-state index < -0.39 is 96.1 Å². The Morgan fingerprint density at radius 1 is 1.45 bits per heavy atom. The number of benzene rings is 1. The fourth-order valence-electron chi connectivity index (χ4n) is 2.11. The number of Topliss-reactive ketones (excluding diaryl/α,β-unsaturated/α-hetero) is 2. The average molecular weight is 312 g/mol. The van der Waals surface area contributed by atoms with Crippen molar-refractivity contribution in [1.29, 1.82) is 0 Å². The van der Waals surface area contributed by atoms with Crippen molar-refractivity contribution in [2.45, 2.75) is 38.4 Å². The Bertz CT molecular complexity index is 1360. The predicted octanol–water partition coefficient (Wildman–Crippen LogP) is 1.32. The van der Waals surface area contributed by atoms with Crippen molar-refractivity contribution in [3.05, 3.63) is 34.3 Å². The molecule has 1 saturated carbocycles. The van der Waals surface area contributed by atoms with Crippen LogP contribution >= 0.6 is 0 Å². The molecule has 1 fully saturated rings. The molecule has 2 N–H and O–H groups in total. The maximum Gasteiger partial charge on any atom is 0.264 e. The summed E-state index contributed by atoms with van der Waals surface area (Å²) in [5, 5.41) is -0.936. The highest BCUT2D eigenvalue weighted by Gasteiger charge is 2.41. The lowest BCUT2D eigenvalue weighted by molar-refractivity contribution is -0.136. The molecule has 1 aromatic carbocycles. The Morgan fingerprint density at radius 3 is 3.00 bits per heavy atom. The van der Waals surface area contributed by atoms with E-state index in [9.17, 15) is 14.4 Å². The Labute approximate surface area is 145 Å². The van der Waals surface area contributed by atoms with Gasteiger partial charge in [0.25, 0.3) is 5.56 Å². The monoisotopic (exact) mass is 312 g/mol. The third kappa shape index (κ3) is 1.94. The van der Waals surface area contributed by atoms with Crippen LogP contribution in [0.15, 0.2) is 22.9 Å². The lowest BCUT2D eigenvalue weighted by Crippen LogP contribution is -2.49. The fourth-order valence-corrected chi connectivity index (χ4v) is 2.11. The number of aryl methyl sites for hydroxylation is 1. The summed E-state index contributed by atoms with van der Waals surface area (Å²) >= 11 is 0. The summed E-state index contributed by atoms with van der Waals surface area (Å²) < 4.78 is 103. The van der Waals surface area contributed by atoms with Crippen molar-refractivity contribution in [2.24, 2.45) is 0 Å². The number of carbonyl (C=O) groups is 2. The van der Waals surface area contributed by atoms with Gasteiger partial charge in [-0.05, 0) is 32.2 Å². The van der Waals surface area contributed by atoms with Crippen molar-refractivity contribution in [2.75, 3.05) is 5.73 Å². The molecule has 0 unspecified atom stereocenters. The standard InChI is InChI=1S/C16H17N3O3/c1-9-18-12-5-3-4-11(17)14(12)15(22)19(9)16(2)7-6-10(20)8-13(16)21/h3-5H,6-8,17H2,1-2H3/t16-/m0/s1/i1D3,2D3,3D,4D,5D,6D2,7D2. The van der Waals surface area contributed by atoms with Crippen LogP contribution in [0.5, 0.6) is 0 Å². The van der Waals surface area contributed by atoms with Crippen molar-refractivity contribution in [3.63, 3.8) is 0 Å². The van der Waals surface area contributed by atoms with E-state index in [0.29, 0.717) is 0 Å². The van der Waals surface area contributed by atoms with Gasteiger partial charge in [-0.2, -0.15) is 0 Å². The number of hydrogen-bond acceptors (Lipinski definition) is 5. The van der Waals surface area contributed by atoms with Crippen molar-refractivity contribution < 1.29 is 27.4 Å². The number of ketones is 2. The number of anilines is 1. The Morgan fingerprint density at radius 2 is 2.27 bits per heavy atom. The Hall–Kier alpha value is -2.50. The molecule has 6 heteroatoms. The summed E-state index contributed by atoms with van der Waals surface area (Å²) in [6.45, 7) is -7.50. The van der Waals surface area contributed by atoms with Gasteiger partial charge in [0, 0.05) is 25.8 Å². The normalized spacial score (nSPS) is 36.6. The van der Waals surface area contributed by atoms with Crippen LogP contribution in [0.3, 0.4) is 0 Å². The molecule has 0 aliphatic heterocycles. The fraction of sp³-hybridized carbons (Fsp3) is 0.375. The summed E-state index contributed by atoms with van der Waals surface area (Å²) in [5.74, 6) is -4.92. The minimum atomic E-state index is -4.02. The first-order valence-electron chi connectivity index (χ1n) is 12.5. The molecule has 0 radical (unpaired) electrons. The molecule has 1 heterocycles. The number of carbonyl (C=O) groups excluding carboxylic acids is 2. The number of nitrogen functional groups attached to an aromatic ring is 1. The molecule has 0 bridgehead atoms. The minimum Gasteiger partial charge on any atom is -0.398 e. The molecule has 2 aromatic rings. The van der Waals surface area contributed by atoms with E-state index in [1.807, 2.05) is 0 Å². The van der Waals surface area contributed by atoms with Gasteiger partial charge in [-0.3, -0.25) is 19.0 Å². The number of fused-ring (bicyclic) bond motifs is 1. The van der Waals surface area contributed by atoms with Crippen molar-refractivity contribution in [1.82, 2.24) is 9.55 Å². The zero-order valence-corrected chi connectivity index (χ0v) is 10.9. The first kappa shape index (κ1) is 5.61. The minimum absolute atomic E-state index is 0.319. The van der Waals surface area contributed by atoms with E-state index in [2.05, 4.69) is 4.98 Å². The van der Waals surface area contributed by atoms with Crippen molar-refractivity contribution in [3.8, 4) is 0 Å². The van der Waals surface area contributed by atoms with Gasteiger partial charge in [0.2, 0.25) is 0 Å². The second-order valence-electron chi connectivity index (χ2n) is 4.57. The largest absolute Gasteiger partial charge is 0.398 e. The number of aromatic nitrogens is 2. The van der Waals surface area contributed by atoms with Crippen LogP contribution in [-0.2, 0) is 15.1 Å². The zero-order valence-electron chi connectivity index (χ0n) is 23.9. The van der Waals surface area contributed by atoms with E-state index in [1.165, 1.54) is 0 Å². The summed E-state index contributed by atoms with van der Waals surface area (Å²) in [6.07, 6.45) is -9.17. The SMILES string of the molecule is [2H]c1c([2H])c(N)c2c(=O)n([C@]3(C([2H])([2H])[2H])C(=O)CC(=O)C([2H])([2H])C3([2H])[2H])c(C([2H])([2H])[2H])nc2c1[2H]. The van der Waals surface area contributed by atoms with E-state index >= 15 is 0 Å². The summed E-state index contributed by atoms with van der Waals surface area (Å²) in [6, 6.07) is -2.63. The molecule has 114 valence electrons. The molecule has 1 aromatic heterocycles. The Kier molecular flexibility index (Phi) is 1.21. The maximum atomic E-state index is 13.7. The second-order valence-corrected chi connectivity index (χ2v) is 4.57. The van der Waals surface area contributed by atoms with Gasteiger partial charge >= 0.3 is 0 Å². The smallest absolute Gasteiger partial charge is 0.264 e. The highest BCUT2D eigenvalue weighted by molar-refractivity contribution is 6.05. The van der Waals surface area contributed by atoms with Gasteiger partial charge in [-0.25, -0.2) is 4.98 Å². The molecule has 1 aliphatic rings. The van der Waals surface area contributed by atoms with Crippen LogP contribution < -0.4 is 11.3 Å². The molecule has 0 saturated heterocycles. The van der Waals surface area contributed by atoms with Gasteiger partial charge in [0.15, 0.2) is 5.78 Å². The summed E-state index contributed by atoms with van der Waals surface area (Å²) in [7, 11) is 0. The molecular weight excluding hydrogens is 282 g/mol.